The number of carbonyl (C=O) groups is 1. The van der Waals surface area contributed by atoms with Gasteiger partial charge in [0.05, 0.1) is 25.5 Å². The third-order valence-electron chi connectivity index (χ3n) is 3.19. The number of rotatable bonds is 9. The first kappa shape index (κ1) is 18.3. The molecule has 0 aliphatic heterocycles. The van der Waals surface area contributed by atoms with Gasteiger partial charge in [-0.15, -0.1) is 0 Å². The van der Waals surface area contributed by atoms with Crippen molar-refractivity contribution in [2.45, 2.75) is 6.92 Å². The minimum atomic E-state index is -0.369. The summed E-state index contributed by atoms with van der Waals surface area (Å²) in [7, 11) is 1.35. The second-order valence-electron chi connectivity index (χ2n) is 4.93. The van der Waals surface area contributed by atoms with Crippen molar-refractivity contribution in [3.05, 3.63) is 59.7 Å². The summed E-state index contributed by atoms with van der Waals surface area (Å²) in [5.41, 5.74) is 1.31. The molecule has 2 aromatic rings. The van der Waals surface area contributed by atoms with Gasteiger partial charge in [0.15, 0.2) is 6.61 Å². The quantitative estimate of drug-likeness (QED) is 0.302. The summed E-state index contributed by atoms with van der Waals surface area (Å²) >= 11 is 0. The highest BCUT2D eigenvalue weighted by molar-refractivity contribution is 5.90. The van der Waals surface area contributed by atoms with Crippen LogP contribution >= 0.6 is 0 Å². The number of hydrogen-bond donors (Lipinski definition) is 0. The molecule has 2 rings (SSSR count). The molecule has 0 saturated heterocycles. The Balaban J connectivity index is 1.68. The van der Waals surface area contributed by atoms with Crippen LogP contribution in [0.15, 0.2) is 53.7 Å². The van der Waals surface area contributed by atoms with Crippen LogP contribution in [0.4, 0.5) is 0 Å². The van der Waals surface area contributed by atoms with Crippen LogP contribution in [-0.4, -0.2) is 39.1 Å². The molecule has 0 atom stereocenters. The summed E-state index contributed by atoms with van der Waals surface area (Å²) in [6, 6.07) is 14.3. The highest BCUT2D eigenvalue weighted by Crippen LogP contribution is 2.17. The fraction of sp³-hybridized carbons (Fsp3) is 0.263. The van der Waals surface area contributed by atoms with E-state index in [1.165, 1.54) is 7.11 Å². The number of hydrogen-bond acceptors (Lipinski definition) is 6. The molecule has 0 saturated carbocycles. The molecule has 0 amide bonds. The predicted octanol–water partition coefficient (Wildman–Crippen LogP) is 3.30. The number of oxime groups is 1. The van der Waals surface area contributed by atoms with Crippen LogP contribution in [0.25, 0.3) is 0 Å². The maximum absolute atomic E-state index is 11.3. The molecule has 2 aromatic carbocycles. The maximum atomic E-state index is 11.3. The van der Waals surface area contributed by atoms with Crippen molar-refractivity contribution in [2.75, 3.05) is 26.9 Å². The lowest BCUT2D eigenvalue weighted by atomic mass is 10.1. The fourth-order valence-electron chi connectivity index (χ4n) is 1.97. The van der Waals surface area contributed by atoms with Crippen molar-refractivity contribution >= 4 is 12.2 Å². The number of esters is 1. The molecule has 0 aromatic heterocycles. The van der Waals surface area contributed by atoms with Crippen molar-refractivity contribution in [3.63, 3.8) is 0 Å². The summed E-state index contributed by atoms with van der Waals surface area (Å²) in [4.78, 5) is 16.5. The van der Waals surface area contributed by atoms with E-state index in [-0.39, 0.29) is 5.97 Å². The van der Waals surface area contributed by atoms with Crippen LogP contribution in [0.2, 0.25) is 0 Å². The first-order chi connectivity index (χ1) is 12.2. The standard InChI is InChI=1S/C19H21NO5/c1-3-23-17-8-10-18(11-9-17)24-12-13-25-20-14-15-4-6-16(7-5-15)19(21)22-2/h4-11,14H,3,12-13H2,1-2H3/b20-14+. The van der Waals surface area contributed by atoms with Crippen LogP contribution in [-0.2, 0) is 9.57 Å². The number of ether oxygens (including phenoxy) is 3. The van der Waals surface area contributed by atoms with Crippen molar-refractivity contribution in [3.8, 4) is 11.5 Å². The second-order valence-corrected chi connectivity index (χ2v) is 4.93. The highest BCUT2D eigenvalue weighted by atomic mass is 16.6. The zero-order valence-electron chi connectivity index (χ0n) is 14.3. The molecule has 0 aliphatic carbocycles. The average Bonchev–Trinajstić information content (AvgIpc) is 2.66. The van der Waals surface area contributed by atoms with Gasteiger partial charge in [0.25, 0.3) is 0 Å². The van der Waals surface area contributed by atoms with Gasteiger partial charge in [0.1, 0.15) is 18.1 Å². The summed E-state index contributed by atoms with van der Waals surface area (Å²) in [5, 5.41) is 3.86. The Morgan fingerprint density at radius 1 is 0.960 bits per heavy atom. The lowest BCUT2D eigenvalue weighted by Gasteiger charge is -2.07. The largest absolute Gasteiger partial charge is 0.494 e. The van der Waals surface area contributed by atoms with E-state index in [9.17, 15) is 4.79 Å². The molecule has 0 aliphatic rings. The first-order valence-electron chi connectivity index (χ1n) is 7.92. The van der Waals surface area contributed by atoms with Crippen molar-refractivity contribution in [2.24, 2.45) is 5.16 Å². The SMILES string of the molecule is CCOc1ccc(OCCO/N=C/c2ccc(C(=O)OC)cc2)cc1. The van der Waals surface area contributed by atoms with Gasteiger partial charge in [-0.05, 0) is 48.9 Å². The van der Waals surface area contributed by atoms with E-state index in [4.69, 9.17) is 14.3 Å². The van der Waals surface area contributed by atoms with Gasteiger partial charge < -0.3 is 19.0 Å². The average molecular weight is 343 g/mol. The van der Waals surface area contributed by atoms with Crippen LogP contribution in [0.1, 0.15) is 22.8 Å². The Hall–Kier alpha value is -3.02. The maximum Gasteiger partial charge on any atom is 0.337 e. The van der Waals surface area contributed by atoms with E-state index < -0.39 is 0 Å². The van der Waals surface area contributed by atoms with Crippen LogP contribution in [0, 0.1) is 0 Å². The molecule has 25 heavy (non-hydrogen) atoms. The molecule has 0 heterocycles. The topological polar surface area (TPSA) is 66.3 Å². The normalized spacial score (nSPS) is 10.5. The van der Waals surface area contributed by atoms with Gasteiger partial charge in [0.2, 0.25) is 0 Å². The molecule has 0 N–H and O–H groups in total. The molecule has 132 valence electrons. The Labute approximate surface area is 147 Å². The van der Waals surface area contributed by atoms with Crippen molar-refractivity contribution in [1.29, 1.82) is 0 Å². The van der Waals surface area contributed by atoms with E-state index in [1.54, 1.807) is 30.5 Å². The van der Waals surface area contributed by atoms with Gasteiger partial charge in [-0.2, -0.15) is 0 Å². The molecular weight excluding hydrogens is 322 g/mol. The smallest absolute Gasteiger partial charge is 0.337 e. The van der Waals surface area contributed by atoms with Crippen LogP contribution < -0.4 is 9.47 Å². The van der Waals surface area contributed by atoms with Crippen molar-refractivity contribution in [1.82, 2.24) is 0 Å². The lowest BCUT2D eigenvalue weighted by Crippen LogP contribution is -2.04. The number of benzene rings is 2. The molecule has 6 nitrogen and oxygen atoms in total. The Morgan fingerprint density at radius 3 is 2.20 bits per heavy atom. The molecule has 0 spiro atoms. The monoisotopic (exact) mass is 343 g/mol. The molecule has 0 unspecified atom stereocenters. The Morgan fingerprint density at radius 2 is 1.60 bits per heavy atom. The zero-order chi connectivity index (χ0) is 17.9. The fourth-order valence-corrected chi connectivity index (χ4v) is 1.97. The third kappa shape index (κ3) is 6.18. The molecule has 6 heteroatoms. The van der Waals surface area contributed by atoms with Gasteiger partial charge in [-0.25, -0.2) is 4.79 Å². The van der Waals surface area contributed by atoms with E-state index in [0.29, 0.717) is 25.4 Å². The summed E-state index contributed by atoms with van der Waals surface area (Å²) in [6.07, 6.45) is 1.57. The van der Waals surface area contributed by atoms with E-state index in [0.717, 1.165) is 17.1 Å². The molecule has 0 fully saturated rings. The zero-order valence-corrected chi connectivity index (χ0v) is 14.3. The lowest BCUT2D eigenvalue weighted by molar-refractivity contribution is 0.0600. The van der Waals surface area contributed by atoms with Gasteiger partial charge in [-0.1, -0.05) is 17.3 Å². The van der Waals surface area contributed by atoms with Crippen molar-refractivity contribution < 1.29 is 23.8 Å². The van der Waals surface area contributed by atoms with Crippen LogP contribution in [0.3, 0.4) is 0 Å². The number of nitrogens with zero attached hydrogens (tertiary/aromatic N) is 1. The molecule has 0 bridgehead atoms. The van der Waals surface area contributed by atoms with Gasteiger partial charge in [0, 0.05) is 0 Å². The molecular formula is C19H21NO5. The minimum absolute atomic E-state index is 0.323. The number of carbonyl (C=O) groups excluding carboxylic acids is 1. The second kappa shape index (κ2) is 9.97. The summed E-state index contributed by atoms with van der Waals surface area (Å²) in [6.45, 7) is 3.28. The third-order valence-corrected chi connectivity index (χ3v) is 3.19. The predicted molar refractivity (Wildman–Crippen MR) is 94.4 cm³/mol. The summed E-state index contributed by atoms with van der Waals surface area (Å²) in [5.74, 6) is 1.19. The molecule has 0 radical (unpaired) electrons. The van der Waals surface area contributed by atoms with Crippen LogP contribution in [0.5, 0.6) is 11.5 Å². The van der Waals surface area contributed by atoms with E-state index in [1.807, 2.05) is 31.2 Å². The first-order valence-corrected chi connectivity index (χ1v) is 7.92. The van der Waals surface area contributed by atoms with Gasteiger partial charge >= 0.3 is 5.97 Å². The van der Waals surface area contributed by atoms with Gasteiger partial charge in [-0.3, -0.25) is 0 Å². The highest BCUT2D eigenvalue weighted by Gasteiger charge is 2.03. The minimum Gasteiger partial charge on any atom is -0.494 e. The van der Waals surface area contributed by atoms with E-state index >= 15 is 0 Å². The summed E-state index contributed by atoms with van der Waals surface area (Å²) < 4.78 is 15.5. The Kier molecular flexibility index (Phi) is 7.31. The van der Waals surface area contributed by atoms with E-state index in [2.05, 4.69) is 9.89 Å². The number of methoxy groups -OCH3 is 1. The Bertz CT molecular complexity index is 680.